The molecule has 1 atom stereocenters. The predicted molar refractivity (Wildman–Crippen MR) is 63.9 cm³/mol. The first-order chi connectivity index (χ1) is 7.22. The van der Waals surface area contributed by atoms with Gasteiger partial charge in [0.15, 0.2) is 0 Å². The van der Waals surface area contributed by atoms with Crippen LogP contribution in [-0.2, 0) is 6.42 Å². The van der Waals surface area contributed by atoms with Crippen LogP contribution in [0.1, 0.15) is 44.1 Å². The maximum atomic E-state index is 5.44. The monoisotopic (exact) mass is 207 g/mol. The van der Waals surface area contributed by atoms with Crippen LogP contribution < -0.4 is 5.32 Å². The zero-order chi connectivity index (χ0) is 11.3. The van der Waals surface area contributed by atoms with E-state index < -0.39 is 0 Å². The SMILES string of the molecule is C=C(CC)CC(NC)c1ccoc1CC. The van der Waals surface area contributed by atoms with Crippen molar-refractivity contribution in [3.05, 3.63) is 35.8 Å². The Labute approximate surface area is 92.4 Å². The van der Waals surface area contributed by atoms with Crippen LogP contribution in [0.3, 0.4) is 0 Å². The number of hydrogen-bond donors (Lipinski definition) is 1. The van der Waals surface area contributed by atoms with Crippen LogP contribution in [0.4, 0.5) is 0 Å². The first-order valence-electron chi connectivity index (χ1n) is 5.63. The predicted octanol–water partition coefficient (Wildman–Crippen LogP) is 3.46. The quantitative estimate of drug-likeness (QED) is 0.723. The van der Waals surface area contributed by atoms with Crippen LogP contribution in [0, 0.1) is 0 Å². The number of rotatable bonds is 6. The highest BCUT2D eigenvalue weighted by molar-refractivity contribution is 5.23. The lowest BCUT2D eigenvalue weighted by molar-refractivity contribution is 0.494. The second-order valence-corrected chi connectivity index (χ2v) is 3.80. The molecule has 0 saturated carbocycles. The summed E-state index contributed by atoms with van der Waals surface area (Å²) in [4.78, 5) is 0. The van der Waals surface area contributed by atoms with Crippen LogP contribution >= 0.6 is 0 Å². The van der Waals surface area contributed by atoms with Gasteiger partial charge in [0, 0.05) is 18.0 Å². The Bertz CT molecular complexity index is 314. The van der Waals surface area contributed by atoms with E-state index in [2.05, 4.69) is 31.8 Å². The van der Waals surface area contributed by atoms with Gasteiger partial charge in [-0.25, -0.2) is 0 Å². The van der Waals surface area contributed by atoms with Gasteiger partial charge in [-0.05, 0) is 26.0 Å². The molecule has 0 aliphatic heterocycles. The third kappa shape index (κ3) is 2.96. The molecule has 0 bridgehead atoms. The Kier molecular flexibility index (Phi) is 4.63. The minimum Gasteiger partial charge on any atom is -0.469 e. The molecule has 1 N–H and O–H groups in total. The maximum Gasteiger partial charge on any atom is 0.108 e. The van der Waals surface area contributed by atoms with E-state index in [4.69, 9.17) is 4.42 Å². The second kappa shape index (κ2) is 5.76. The van der Waals surface area contributed by atoms with Crippen molar-refractivity contribution in [3.63, 3.8) is 0 Å². The molecule has 0 saturated heterocycles. The molecule has 1 aromatic heterocycles. The third-order valence-electron chi connectivity index (χ3n) is 2.82. The minimum absolute atomic E-state index is 0.339. The molecule has 2 heteroatoms. The molecule has 0 aliphatic rings. The number of nitrogens with one attached hydrogen (secondary N) is 1. The van der Waals surface area contributed by atoms with Crippen molar-refractivity contribution in [1.82, 2.24) is 5.32 Å². The first-order valence-corrected chi connectivity index (χ1v) is 5.63. The van der Waals surface area contributed by atoms with Crippen molar-refractivity contribution in [2.75, 3.05) is 7.05 Å². The molecule has 15 heavy (non-hydrogen) atoms. The third-order valence-corrected chi connectivity index (χ3v) is 2.82. The van der Waals surface area contributed by atoms with Gasteiger partial charge in [0.25, 0.3) is 0 Å². The molecule has 0 radical (unpaired) electrons. The van der Waals surface area contributed by atoms with Crippen LogP contribution in [0.15, 0.2) is 28.9 Å². The topological polar surface area (TPSA) is 25.2 Å². The highest BCUT2D eigenvalue weighted by Crippen LogP contribution is 2.25. The summed E-state index contributed by atoms with van der Waals surface area (Å²) in [6.07, 6.45) is 4.74. The smallest absolute Gasteiger partial charge is 0.108 e. The van der Waals surface area contributed by atoms with Crippen molar-refractivity contribution in [1.29, 1.82) is 0 Å². The summed E-state index contributed by atoms with van der Waals surface area (Å²) in [6, 6.07) is 2.40. The van der Waals surface area contributed by atoms with E-state index in [1.165, 1.54) is 11.1 Å². The van der Waals surface area contributed by atoms with Crippen LogP contribution in [0.2, 0.25) is 0 Å². The molecule has 0 aromatic carbocycles. The van der Waals surface area contributed by atoms with Gasteiger partial charge in [0.05, 0.1) is 6.26 Å². The van der Waals surface area contributed by atoms with Gasteiger partial charge < -0.3 is 9.73 Å². The van der Waals surface area contributed by atoms with E-state index >= 15 is 0 Å². The van der Waals surface area contributed by atoms with Gasteiger partial charge in [0.1, 0.15) is 5.76 Å². The highest BCUT2D eigenvalue weighted by Gasteiger charge is 2.15. The molecular formula is C13H21NO. The summed E-state index contributed by atoms with van der Waals surface area (Å²) < 4.78 is 5.44. The Hall–Kier alpha value is -1.02. The Morgan fingerprint density at radius 3 is 2.80 bits per heavy atom. The van der Waals surface area contributed by atoms with Crippen molar-refractivity contribution < 1.29 is 4.42 Å². The van der Waals surface area contributed by atoms with Gasteiger partial charge in [-0.1, -0.05) is 26.0 Å². The van der Waals surface area contributed by atoms with Gasteiger partial charge in [-0.15, -0.1) is 0 Å². The molecule has 1 unspecified atom stereocenters. The normalized spacial score (nSPS) is 12.7. The summed E-state index contributed by atoms with van der Waals surface area (Å²) in [6.45, 7) is 8.31. The molecule has 0 spiro atoms. The summed E-state index contributed by atoms with van der Waals surface area (Å²) in [5.74, 6) is 1.08. The van der Waals surface area contributed by atoms with E-state index in [0.717, 1.165) is 25.0 Å². The van der Waals surface area contributed by atoms with E-state index in [1.807, 2.05) is 7.05 Å². The van der Waals surface area contributed by atoms with Crippen molar-refractivity contribution in [2.24, 2.45) is 0 Å². The Morgan fingerprint density at radius 2 is 2.27 bits per heavy atom. The van der Waals surface area contributed by atoms with E-state index in [-0.39, 0.29) is 0 Å². The standard InChI is InChI=1S/C13H21NO/c1-5-10(3)9-12(14-4)11-7-8-15-13(11)6-2/h7-8,12,14H,3,5-6,9H2,1-2,4H3. The molecular weight excluding hydrogens is 186 g/mol. The van der Waals surface area contributed by atoms with Gasteiger partial charge in [-0.3, -0.25) is 0 Å². The fourth-order valence-corrected chi connectivity index (χ4v) is 1.75. The molecule has 0 aliphatic carbocycles. The number of aryl methyl sites for hydroxylation is 1. The summed E-state index contributed by atoms with van der Waals surface area (Å²) >= 11 is 0. The molecule has 2 nitrogen and oxygen atoms in total. The maximum absolute atomic E-state index is 5.44. The van der Waals surface area contributed by atoms with Crippen molar-refractivity contribution in [2.45, 2.75) is 39.2 Å². The first kappa shape index (κ1) is 12.1. The van der Waals surface area contributed by atoms with E-state index in [9.17, 15) is 0 Å². The molecule has 1 rings (SSSR count). The lowest BCUT2D eigenvalue weighted by Crippen LogP contribution is -2.17. The van der Waals surface area contributed by atoms with Crippen LogP contribution in [-0.4, -0.2) is 7.05 Å². The zero-order valence-electron chi connectivity index (χ0n) is 9.97. The van der Waals surface area contributed by atoms with E-state index in [1.54, 1.807) is 6.26 Å². The van der Waals surface area contributed by atoms with Gasteiger partial charge in [-0.2, -0.15) is 0 Å². The summed E-state index contributed by atoms with van der Waals surface area (Å²) in [5, 5.41) is 3.32. The van der Waals surface area contributed by atoms with Gasteiger partial charge >= 0.3 is 0 Å². The van der Waals surface area contributed by atoms with Crippen molar-refractivity contribution >= 4 is 0 Å². The second-order valence-electron chi connectivity index (χ2n) is 3.80. The average Bonchev–Trinajstić information content (AvgIpc) is 2.73. The zero-order valence-corrected chi connectivity index (χ0v) is 9.97. The van der Waals surface area contributed by atoms with Crippen LogP contribution in [0.5, 0.6) is 0 Å². The van der Waals surface area contributed by atoms with Crippen LogP contribution in [0.25, 0.3) is 0 Å². The molecule has 0 amide bonds. The largest absolute Gasteiger partial charge is 0.469 e. The Balaban J connectivity index is 2.78. The fourth-order valence-electron chi connectivity index (χ4n) is 1.75. The molecule has 1 aromatic rings. The lowest BCUT2D eigenvalue weighted by atomic mass is 9.98. The van der Waals surface area contributed by atoms with Crippen molar-refractivity contribution in [3.8, 4) is 0 Å². The number of furan rings is 1. The Morgan fingerprint density at radius 1 is 1.53 bits per heavy atom. The average molecular weight is 207 g/mol. The molecule has 0 fully saturated rings. The summed E-state index contributed by atoms with van der Waals surface area (Å²) in [7, 11) is 1.99. The highest BCUT2D eigenvalue weighted by atomic mass is 16.3. The summed E-state index contributed by atoms with van der Waals surface area (Å²) in [5.41, 5.74) is 2.55. The minimum atomic E-state index is 0.339. The lowest BCUT2D eigenvalue weighted by Gasteiger charge is -2.16. The van der Waals surface area contributed by atoms with E-state index in [0.29, 0.717) is 6.04 Å². The molecule has 84 valence electrons. The molecule has 1 heterocycles. The van der Waals surface area contributed by atoms with Gasteiger partial charge in [0.2, 0.25) is 0 Å². The fraction of sp³-hybridized carbons (Fsp3) is 0.538. The number of hydrogen-bond acceptors (Lipinski definition) is 2.